The number of hydrogen-bond acceptors (Lipinski definition) is 0. The smallest absolute Gasteiger partial charge is 0.0133 e. The van der Waals surface area contributed by atoms with Crippen LogP contribution in [0.15, 0.2) is 24.3 Å². The Hall–Kier alpha value is -0.520. The quantitative estimate of drug-likeness (QED) is 0.482. The molecule has 3 aliphatic carbocycles. The summed E-state index contributed by atoms with van der Waals surface area (Å²) in [5, 5.41) is 0. The van der Waals surface area contributed by atoms with Gasteiger partial charge in [0.1, 0.15) is 0 Å². The van der Waals surface area contributed by atoms with Crippen molar-refractivity contribution in [3.8, 4) is 0 Å². The summed E-state index contributed by atoms with van der Waals surface area (Å²) in [6, 6.07) is 0. The molecular weight excluding hydrogens is 312 g/mol. The third-order valence-electron chi connectivity index (χ3n) is 8.36. The number of hydrogen-bond donors (Lipinski definition) is 0. The molecule has 3 aliphatic rings. The van der Waals surface area contributed by atoms with Gasteiger partial charge in [0.25, 0.3) is 0 Å². The lowest BCUT2D eigenvalue weighted by Gasteiger charge is -2.49. The van der Waals surface area contributed by atoms with Gasteiger partial charge in [0.15, 0.2) is 0 Å². The van der Waals surface area contributed by atoms with Gasteiger partial charge >= 0.3 is 0 Å². The maximum atomic E-state index is 2.62. The largest absolute Gasteiger partial charge is 0.0805 e. The van der Waals surface area contributed by atoms with Crippen LogP contribution < -0.4 is 0 Å². The Bertz CT molecular complexity index is 450. The summed E-state index contributed by atoms with van der Waals surface area (Å²) in [6.45, 7) is 14.9. The normalized spacial score (nSPS) is 44.0. The van der Waals surface area contributed by atoms with Crippen LogP contribution in [0, 0.1) is 59.2 Å². The second-order valence-corrected chi connectivity index (χ2v) is 10.9. The lowest BCUT2D eigenvalue weighted by molar-refractivity contribution is 0.0383. The predicted molar refractivity (Wildman–Crippen MR) is 115 cm³/mol. The maximum Gasteiger partial charge on any atom is -0.0133 e. The van der Waals surface area contributed by atoms with Gasteiger partial charge in [0.05, 0.1) is 0 Å². The van der Waals surface area contributed by atoms with Crippen molar-refractivity contribution in [2.75, 3.05) is 0 Å². The number of rotatable bonds is 4. The van der Waals surface area contributed by atoms with Gasteiger partial charge < -0.3 is 0 Å². The van der Waals surface area contributed by atoms with E-state index in [0.717, 1.165) is 59.2 Å². The third kappa shape index (κ3) is 4.31. The molecule has 8 atom stereocenters. The minimum Gasteiger partial charge on any atom is -0.0805 e. The van der Waals surface area contributed by atoms with E-state index >= 15 is 0 Å². The zero-order chi connectivity index (χ0) is 18.8. The van der Waals surface area contributed by atoms with Gasteiger partial charge in [-0.2, -0.15) is 0 Å². The topological polar surface area (TPSA) is 0 Å². The molecule has 0 spiro atoms. The molecule has 0 nitrogen and oxygen atoms in total. The second kappa shape index (κ2) is 8.66. The zero-order valence-corrected chi connectivity index (χ0v) is 18.3. The Balaban J connectivity index is 1.87. The lowest BCUT2D eigenvalue weighted by atomic mass is 9.56. The maximum absolute atomic E-state index is 2.62. The standard InChI is InChI=1S/C26H44/c1-17(2)21-13-11-19(5)15-25(21)23-9-7-8-10-24(23)26-16-20(6)12-14-22(26)18(3)4/h7-10,17-26H,11-16H2,1-6H3. The Morgan fingerprint density at radius 2 is 1.00 bits per heavy atom. The monoisotopic (exact) mass is 356 g/mol. The van der Waals surface area contributed by atoms with E-state index in [1.807, 2.05) is 0 Å². The van der Waals surface area contributed by atoms with Gasteiger partial charge in [0, 0.05) is 0 Å². The van der Waals surface area contributed by atoms with E-state index in [1.165, 1.54) is 38.5 Å². The summed E-state index contributed by atoms with van der Waals surface area (Å²) < 4.78 is 0. The van der Waals surface area contributed by atoms with E-state index in [-0.39, 0.29) is 0 Å². The predicted octanol–water partition coefficient (Wildman–Crippen LogP) is 7.76. The van der Waals surface area contributed by atoms with Crippen molar-refractivity contribution in [3.05, 3.63) is 24.3 Å². The Morgan fingerprint density at radius 3 is 1.35 bits per heavy atom. The van der Waals surface area contributed by atoms with Crippen molar-refractivity contribution in [1.82, 2.24) is 0 Å². The minimum atomic E-state index is 0.784. The summed E-state index contributed by atoms with van der Waals surface area (Å²) in [4.78, 5) is 0. The van der Waals surface area contributed by atoms with Gasteiger partial charge in [-0.3, -0.25) is 0 Å². The van der Waals surface area contributed by atoms with E-state index in [4.69, 9.17) is 0 Å². The van der Waals surface area contributed by atoms with Crippen molar-refractivity contribution in [1.29, 1.82) is 0 Å². The van der Waals surface area contributed by atoms with Crippen LogP contribution in [-0.2, 0) is 0 Å². The van der Waals surface area contributed by atoms with Gasteiger partial charge in [-0.05, 0) is 84.9 Å². The van der Waals surface area contributed by atoms with Crippen LogP contribution in [0.2, 0.25) is 0 Å². The van der Waals surface area contributed by atoms with Crippen molar-refractivity contribution in [2.45, 2.75) is 80.1 Å². The molecule has 2 saturated carbocycles. The Morgan fingerprint density at radius 1 is 0.615 bits per heavy atom. The first-order valence-electron chi connectivity index (χ1n) is 11.7. The Kier molecular flexibility index (Phi) is 6.73. The zero-order valence-electron chi connectivity index (χ0n) is 18.3. The molecule has 8 unspecified atom stereocenters. The summed E-state index contributed by atoms with van der Waals surface area (Å²) >= 11 is 0. The fourth-order valence-electron chi connectivity index (χ4n) is 6.93. The molecule has 0 saturated heterocycles. The summed E-state index contributed by atoms with van der Waals surface area (Å²) in [5.41, 5.74) is 0. The highest BCUT2D eigenvalue weighted by molar-refractivity contribution is 5.18. The molecular formula is C26H44. The molecule has 0 heterocycles. The summed E-state index contributed by atoms with van der Waals surface area (Å²) in [5.74, 6) is 8.71. The van der Waals surface area contributed by atoms with E-state index < -0.39 is 0 Å². The molecule has 0 N–H and O–H groups in total. The minimum absolute atomic E-state index is 0.784. The van der Waals surface area contributed by atoms with Gasteiger partial charge in [-0.1, -0.05) is 78.7 Å². The highest BCUT2D eigenvalue weighted by Crippen LogP contribution is 2.51. The number of allylic oxidation sites excluding steroid dienone is 4. The van der Waals surface area contributed by atoms with Crippen LogP contribution in [0.5, 0.6) is 0 Å². The molecule has 0 aromatic rings. The summed E-state index contributed by atoms with van der Waals surface area (Å²) in [7, 11) is 0. The van der Waals surface area contributed by atoms with Crippen LogP contribution in [0.3, 0.4) is 0 Å². The van der Waals surface area contributed by atoms with Crippen molar-refractivity contribution in [2.24, 2.45) is 59.2 Å². The molecule has 0 radical (unpaired) electrons. The van der Waals surface area contributed by atoms with Crippen LogP contribution in [0.1, 0.15) is 80.1 Å². The van der Waals surface area contributed by atoms with E-state index in [9.17, 15) is 0 Å². The molecule has 0 aromatic heterocycles. The molecule has 26 heavy (non-hydrogen) atoms. The van der Waals surface area contributed by atoms with Crippen LogP contribution in [-0.4, -0.2) is 0 Å². The first-order valence-corrected chi connectivity index (χ1v) is 11.7. The first-order chi connectivity index (χ1) is 12.4. The molecule has 0 aliphatic heterocycles. The second-order valence-electron chi connectivity index (χ2n) is 10.9. The van der Waals surface area contributed by atoms with E-state index in [1.54, 1.807) is 0 Å². The average Bonchev–Trinajstić information content (AvgIpc) is 2.61. The van der Waals surface area contributed by atoms with Crippen molar-refractivity contribution >= 4 is 0 Å². The average molecular weight is 357 g/mol. The molecule has 2 fully saturated rings. The van der Waals surface area contributed by atoms with E-state index in [2.05, 4.69) is 65.8 Å². The molecule has 0 bridgehead atoms. The third-order valence-corrected chi connectivity index (χ3v) is 8.36. The SMILES string of the molecule is CC1CCC(C(C)C)C(C2C=CC=CC2C2CC(C)CCC2C(C)C)C1. The highest BCUT2D eigenvalue weighted by Gasteiger charge is 2.43. The fourth-order valence-corrected chi connectivity index (χ4v) is 6.93. The summed E-state index contributed by atoms with van der Waals surface area (Å²) in [6.07, 6.45) is 18.7. The van der Waals surface area contributed by atoms with Crippen LogP contribution in [0.4, 0.5) is 0 Å². The lowest BCUT2D eigenvalue weighted by Crippen LogP contribution is -2.41. The highest BCUT2D eigenvalue weighted by atomic mass is 14.5. The Labute approximate surface area is 163 Å². The van der Waals surface area contributed by atoms with Crippen LogP contribution >= 0.6 is 0 Å². The van der Waals surface area contributed by atoms with Crippen LogP contribution in [0.25, 0.3) is 0 Å². The molecule has 0 aromatic carbocycles. The van der Waals surface area contributed by atoms with Crippen molar-refractivity contribution in [3.63, 3.8) is 0 Å². The molecule has 0 amide bonds. The van der Waals surface area contributed by atoms with Gasteiger partial charge in [-0.25, -0.2) is 0 Å². The van der Waals surface area contributed by atoms with E-state index in [0.29, 0.717) is 0 Å². The molecule has 3 rings (SSSR count). The first kappa shape index (κ1) is 20.2. The van der Waals surface area contributed by atoms with Gasteiger partial charge in [0.2, 0.25) is 0 Å². The van der Waals surface area contributed by atoms with Crippen molar-refractivity contribution < 1.29 is 0 Å². The molecule has 0 heteroatoms. The fraction of sp³-hybridized carbons (Fsp3) is 0.846. The molecule has 148 valence electrons. The van der Waals surface area contributed by atoms with Gasteiger partial charge in [-0.15, -0.1) is 0 Å².